The lowest BCUT2D eigenvalue weighted by Gasteiger charge is -2.05. The highest BCUT2D eigenvalue weighted by molar-refractivity contribution is 6.17. The first-order valence-electron chi connectivity index (χ1n) is 6.84. The van der Waals surface area contributed by atoms with Gasteiger partial charge in [-0.2, -0.15) is 0 Å². The van der Waals surface area contributed by atoms with Crippen LogP contribution in [0.4, 0.5) is 0 Å². The number of aromatic nitrogens is 1. The number of benzene rings is 2. The minimum atomic E-state index is -0.144. The molecule has 0 spiro atoms. The molecule has 0 aliphatic rings. The Morgan fingerprint density at radius 2 is 1.48 bits per heavy atom. The smallest absolute Gasteiger partial charge is 0.259 e. The summed E-state index contributed by atoms with van der Waals surface area (Å²) in [5, 5.41) is 1.47. The van der Waals surface area contributed by atoms with Gasteiger partial charge < -0.3 is 4.57 Å². The van der Waals surface area contributed by atoms with E-state index in [0.717, 1.165) is 0 Å². The fourth-order valence-electron chi connectivity index (χ4n) is 2.61. The van der Waals surface area contributed by atoms with Crippen LogP contribution in [0.15, 0.2) is 58.1 Å². The number of alkyl halides is 1. The zero-order valence-electron chi connectivity index (χ0n) is 11.4. The summed E-state index contributed by atoms with van der Waals surface area (Å²) in [4.78, 5) is 25.5. The molecule has 0 aliphatic heterocycles. The predicted molar refractivity (Wildman–Crippen MR) is 87.3 cm³/mol. The SMILES string of the molecule is O=c1c2ccccc2c(=O)n(CCCCl)c2ccccc12. The summed E-state index contributed by atoms with van der Waals surface area (Å²) in [6.07, 6.45) is 0.679. The maximum absolute atomic E-state index is 12.8. The molecule has 0 N–H and O–H groups in total. The van der Waals surface area contributed by atoms with Crippen molar-refractivity contribution < 1.29 is 0 Å². The second-order valence-corrected chi connectivity index (χ2v) is 5.27. The van der Waals surface area contributed by atoms with Crippen LogP contribution in [-0.4, -0.2) is 10.4 Å². The molecule has 0 unspecified atom stereocenters. The van der Waals surface area contributed by atoms with E-state index in [4.69, 9.17) is 11.6 Å². The standard InChI is InChI=1S/C17H14ClNO2/c18-10-5-11-19-15-9-4-3-8-14(15)16(20)12-6-1-2-7-13(12)17(19)21/h1-4,6-9H,5,10-11H2. The van der Waals surface area contributed by atoms with Crippen molar-refractivity contribution in [3.05, 3.63) is 69.1 Å². The van der Waals surface area contributed by atoms with Gasteiger partial charge in [0.05, 0.1) is 10.9 Å². The molecule has 3 aromatic rings. The lowest BCUT2D eigenvalue weighted by Crippen LogP contribution is -2.18. The zero-order chi connectivity index (χ0) is 14.8. The third kappa shape index (κ3) is 2.34. The summed E-state index contributed by atoms with van der Waals surface area (Å²) < 4.78 is 1.65. The molecular weight excluding hydrogens is 286 g/mol. The van der Waals surface area contributed by atoms with E-state index in [-0.39, 0.29) is 11.0 Å². The number of fused-ring (bicyclic) bond motifs is 2. The van der Waals surface area contributed by atoms with Gasteiger partial charge in [-0.05, 0) is 24.6 Å². The normalized spacial score (nSPS) is 11.1. The molecule has 0 bridgehead atoms. The zero-order valence-corrected chi connectivity index (χ0v) is 12.1. The van der Waals surface area contributed by atoms with Crippen LogP contribution in [0.1, 0.15) is 6.42 Å². The van der Waals surface area contributed by atoms with Gasteiger partial charge in [0.15, 0.2) is 5.43 Å². The quantitative estimate of drug-likeness (QED) is 0.697. The highest BCUT2D eigenvalue weighted by atomic mass is 35.5. The highest BCUT2D eigenvalue weighted by Crippen LogP contribution is 2.12. The second kappa shape index (κ2) is 5.70. The van der Waals surface area contributed by atoms with Crippen LogP contribution in [0, 0.1) is 0 Å². The van der Waals surface area contributed by atoms with E-state index < -0.39 is 0 Å². The van der Waals surface area contributed by atoms with E-state index in [0.29, 0.717) is 40.5 Å². The molecule has 0 fully saturated rings. The fraction of sp³-hybridized carbons (Fsp3) is 0.176. The second-order valence-electron chi connectivity index (χ2n) is 4.89. The number of hydrogen-bond acceptors (Lipinski definition) is 2. The first kappa shape index (κ1) is 13.8. The van der Waals surface area contributed by atoms with Crippen molar-refractivity contribution in [2.45, 2.75) is 13.0 Å². The van der Waals surface area contributed by atoms with Crippen molar-refractivity contribution in [3.63, 3.8) is 0 Å². The topological polar surface area (TPSA) is 39.1 Å². The molecule has 3 nitrogen and oxygen atoms in total. The van der Waals surface area contributed by atoms with Gasteiger partial charge in [-0.25, -0.2) is 0 Å². The number of rotatable bonds is 3. The molecule has 4 heteroatoms. The molecule has 1 heterocycles. The fourth-order valence-corrected chi connectivity index (χ4v) is 2.73. The first-order chi connectivity index (χ1) is 10.2. The molecule has 0 aliphatic carbocycles. The van der Waals surface area contributed by atoms with Crippen LogP contribution in [0.25, 0.3) is 21.7 Å². The Balaban J connectivity index is 2.59. The Kier molecular flexibility index (Phi) is 3.76. The van der Waals surface area contributed by atoms with Crippen LogP contribution in [0.3, 0.4) is 0 Å². The van der Waals surface area contributed by atoms with Crippen LogP contribution in [-0.2, 0) is 6.54 Å². The largest absolute Gasteiger partial charge is 0.308 e. The monoisotopic (exact) mass is 299 g/mol. The molecule has 21 heavy (non-hydrogen) atoms. The van der Waals surface area contributed by atoms with Crippen LogP contribution in [0.5, 0.6) is 0 Å². The minimum Gasteiger partial charge on any atom is -0.308 e. The molecule has 0 atom stereocenters. The minimum absolute atomic E-state index is 0.108. The van der Waals surface area contributed by atoms with Crippen molar-refractivity contribution in [1.82, 2.24) is 4.57 Å². The molecule has 0 saturated heterocycles. The summed E-state index contributed by atoms with van der Waals surface area (Å²) in [6.45, 7) is 0.501. The summed E-state index contributed by atoms with van der Waals surface area (Å²) in [7, 11) is 0. The van der Waals surface area contributed by atoms with Gasteiger partial charge in [0.25, 0.3) is 5.56 Å². The molecule has 2 aromatic carbocycles. The number of halogens is 1. The maximum Gasteiger partial charge on any atom is 0.259 e. The summed E-state index contributed by atoms with van der Waals surface area (Å²) in [5.74, 6) is 0.474. The van der Waals surface area contributed by atoms with E-state index in [2.05, 4.69) is 0 Å². The van der Waals surface area contributed by atoms with Gasteiger partial charge >= 0.3 is 0 Å². The third-order valence-corrected chi connectivity index (χ3v) is 3.87. The lowest BCUT2D eigenvalue weighted by molar-refractivity contribution is 0.687. The number of para-hydroxylation sites is 1. The average Bonchev–Trinajstić information content (AvgIpc) is 2.62. The van der Waals surface area contributed by atoms with Gasteiger partial charge in [-0.15, -0.1) is 11.6 Å². The number of aryl methyl sites for hydroxylation is 1. The Morgan fingerprint density at radius 3 is 2.19 bits per heavy atom. The Bertz CT molecular complexity index is 931. The van der Waals surface area contributed by atoms with Crippen molar-refractivity contribution in [2.24, 2.45) is 0 Å². The van der Waals surface area contributed by atoms with Gasteiger partial charge in [0, 0.05) is 23.2 Å². The van der Waals surface area contributed by atoms with Crippen LogP contribution < -0.4 is 11.0 Å². The highest BCUT2D eigenvalue weighted by Gasteiger charge is 2.09. The van der Waals surface area contributed by atoms with E-state index in [1.54, 1.807) is 34.9 Å². The van der Waals surface area contributed by atoms with E-state index >= 15 is 0 Å². The van der Waals surface area contributed by atoms with Crippen molar-refractivity contribution >= 4 is 33.3 Å². The van der Waals surface area contributed by atoms with Gasteiger partial charge in [0.2, 0.25) is 0 Å². The molecular formula is C17H14ClNO2. The van der Waals surface area contributed by atoms with E-state index in [9.17, 15) is 9.59 Å². The Labute approximate surface area is 126 Å². The van der Waals surface area contributed by atoms with Crippen molar-refractivity contribution in [2.75, 3.05) is 5.88 Å². The summed E-state index contributed by atoms with van der Waals surface area (Å²) in [5.41, 5.74) is 0.408. The van der Waals surface area contributed by atoms with Gasteiger partial charge in [-0.1, -0.05) is 30.3 Å². The molecule has 106 valence electrons. The summed E-state index contributed by atoms with van der Waals surface area (Å²) in [6, 6.07) is 14.2. The van der Waals surface area contributed by atoms with Crippen molar-refractivity contribution in [1.29, 1.82) is 0 Å². The molecule has 0 radical (unpaired) electrons. The molecule has 3 rings (SSSR count). The number of hydrogen-bond donors (Lipinski definition) is 0. The van der Waals surface area contributed by atoms with E-state index in [1.807, 2.05) is 18.2 Å². The van der Waals surface area contributed by atoms with Gasteiger partial charge in [0.1, 0.15) is 0 Å². The first-order valence-corrected chi connectivity index (χ1v) is 7.38. The number of nitrogens with zero attached hydrogens (tertiary/aromatic N) is 1. The third-order valence-electron chi connectivity index (χ3n) is 3.60. The van der Waals surface area contributed by atoms with Crippen LogP contribution in [0.2, 0.25) is 0 Å². The van der Waals surface area contributed by atoms with Crippen LogP contribution >= 0.6 is 11.6 Å². The van der Waals surface area contributed by atoms with Crippen molar-refractivity contribution in [3.8, 4) is 0 Å². The lowest BCUT2D eigenvalue weighted by atomic mass is 10.1. The molecule has 0 saturated carbocycles. The summed E-state index contributed by atoms with van der Waals surface area (Å²) >= 11 is 5.76. The predicted octanol–water partition coefficient (Wildman–Crippen LogP) is 3.14. The van der Waals surface area contributed by atoms with E-state index in [1.165, 1.54) is 0 Å². The molecule has 0 amide bonds. The Hall–Kier alpha value is -2.13. The molecule has 1 aromatic heterocycles. The Morgan fingerprint density at radius 1 is 0.857 bits per heavy atom. The average molecular weight is 300 g/mol. The van der Waals surface area contributed by atoms with Gasteiger partial charge in [-0.3, -0.25) is 9.59 Å². The maximum atomic E-state index is 12.8.